The number of nitrogens with zero attached hydrogens (tertiary/aromatic N) is 2. The first kappa shape index (κ1) is 14.1. The van der Waals surface area contributed by atoms with E-state index in [1.807, 2.05) is 34.3 Å². The summed E-state index contributed by atoms with van der Waals surface area (Å²) in [6.45, 7) is 3.30. The van der Waals surface area contributed by atoms with Gasteiger partial charge in [-0.25, -0.2) is 13.4 Å². The third-order valence-corrected chi connectivity index (χ3v) is 5.66. The molecule has 0 aliphatic heterocycles. The summed E-state index contributed by atoms with van der Waals surface area (Å²) >= 11 is 1.56. The van der Waals surface area contributed by atoms with Crippen LogP contribution in [0, 0.1) is 0 Å². The summed E-state index contributed by atoms with van der Waals surface area (Å²) in [6.07, 6.45) is 3.88. The molecule has 2 heterocycles. The van der Waals surface area contributed by atoms with Gasteiger partial charge in [-0.3, -0.25) is 9.12 Å². The smallest absolute Gasteiger partial charge is 0.235 e. The summed E-state index contributed by atoms with van der Waals surface area (Å²) in [7, 11) is -3.34. The molecule has 0 radical (unpaired) electrons. The van der Waals surface area contributed by atoms with E-state index in [0.717, 1.165) is 16.2 Å². The van der Waals surface area contributed by atoms with Gasteiger partial charge in [-0.15, -0.1) is 11.3 Å². The molecule has 0 atom stereocenters. The Balaban J connectivity index is 1.95. The summed E-state index contributed by atoms with van der Waals surface area (Å²) in [5.41, 5.74) is 2.26. The van der Waals surface area contributed by atoms with Crippen LogP contribution in [0.2, 0.25) is 0 Å². The van der Waals surface area contributed by atoms with Gasteiger partial charge in [-0.2, -0.15) is 0 Å². The van der Waals surface area contributed by atoms with Crippen LogP contribution in [0.25, 0.3) is 16.2 Å². The van der Waals surface area contributed by atoms with E-state index in [0.29, 0.717) is 5.69 Å². The molecule has 0 fully saturated rings. The Morgan fingerprint density at radius 2 is 2.14 bits per heavy atom. The minimum atomic E-state index is -3.34. The quantitative estimate of drug-likeness (QED) is 0.802. The maximum atomic E-state index is 11.9. The lowest BCUT2D eigenvalue weighted by Gasteiger charge is -2.11. The van der Waals surface area contributed by atoms with Crippen LogP contribution in [0.15, 0.2) is 42.0 Å². The fourth-order valence-electron chi connectivity index (χ4n) is 1.89. The molecule has 0 unspecified atom stereocenters. The van der Waals surface area contributed by atoms with Crippen molar-refractivity contribution in [3.05, 3.63) is 42.0 Å². The maximum absolute atomic E-state index is 11.9. The third kappa shape index (κ3) is 2.79. The lowest BCUT2D eigenvalue weighted by Crippen LogP contribution is -2.22. The first-order valence-electron chi connectivity index (χ1n) is 6.50. The lowest BCUT2D eigenvalue weighted by atomic mass is 10.1. The van der Waals surface area contributed by atoms with Gasteiger partial charge in [0.15, 0.2) is 4.96 Å². The van der Waals surface area contributed by atoms with Crippen LogP contribution in [-0.4, -0.2) is 23.1 Å². The van der Waals surface area contributed by atoms with Gasteiger partial charge in [0.05, 0.1) is 10.9 Å². The Morgan fingerprint density at radius 1 is 1.33 bits per heavy atom. The highest BCUT2D eigenvalue weighted by Crippen LogP contribution is 2.24. The number of benzene rings is 1. The molecule has 3 rings (SSSR count). The first-order valence-corrected chi connectivity index (χ1v) is 8.92. The minimum Gasteiger partial charge on any atom is -0.297 e. The van der Waals surface area contributed by atoms with Crippen molar-refractivity contribution in [3.63, 3.8) is 0 Å². The van der Waals surface area contributed by atoms with Crippen LogP contribution < -0.4 is 4.72 Å². The largest absolute Gasteiger partial charge is 0.297 e. The minimum absolute atomic E-state index is 0.473. The number of hydrogen-bond acceptors (Lipinski definition) is 4. The van der Waals surface area contributed by atoms with E-state index >= 15 is 0 Å². The zero-order valence-electron chi connectivity index (χ0n) is 11.6. The molecule has 0 saturated carbocycles. The zero-order valence-corrected chi connectivity index (χ0v) is 13.3. The Morgan fingerprint density at radius 3 is 2.86 bits per heavy atom. The highest BCUT2D eigenvalue weighted by molar-refractivity contribution is 7.93. The fraction of sp³-hybridized carbons (Fsp3) is 0.214. The van der Waals surface area contributed by atoms with Crippen molar-refractivity contribution in [2.45, 2.75) is 19.1 Å². The summed E-state index contributed by atoms with van der Waals surface area (Å²) in [6, 6.07) is 7.27. The van der Waals surface area contributed by atoms with Crippen LogP contribution in [0.1, 0.15) is 13.8 Å². The second kappa shape index (κ2) is 5.16. The van der Waals surface area contributed by atoms with Gasteiger partial charge in [0.25, 0.3) is 0 Å². The molecule has 0 bridgehead atoms. The molecule has 0 aliphatic carbocycles. The van der Waals surface area contributed by atoms with Crippen molar-refractivity contribution in [3.8, 4) is 11.3 Å². The summed E-state index contributed by atoms with van der Waals surface area (Å²) in [5, 5.41) is 1.50. The topological polar surface area (TPSA) is 63.5 Å². The normalized spacial score (nSPS) is 12.1. The monoisotopic (exact) mass is 321 g/mol. The molecule has 0 amide bonds. The van der Waals surface area contributed by atoms with E-state index in [1.54, 1.807) is 37.3 Å². The van der Waals surface area contributed by atoms with Gasteiger partial charge in [0.1, 0.15) is 0 Å². The Bertz CT molecular complexity index is 850. The van der Waals surface area contributed by atoms with E-state index in [9.17, 15) is 8.42 Å². The van der Waals surface area contributed by atoms with E-state index in [1.165, 1.54) is 0 Å². The zero-order chi connectivity index (χ0) is 15.0. The highest BCUT2D eigenvalue weighted by atomic mass is 32.2. The molecule has 5 nitrogen and oxygen atoms in total. The number of nitrogens with one attached hydrogen (secondary N) is 1. The molecule has 2 aromatic heterocycles. The van der Waals surface area contributed by atoms with Crippen LogP contribution in [0.5, 0.6) is 0 Å². The molecule has 1 N–H and O–H groups in total. The Labute approximate surface area is 127 Å². The highest BCUT2D eigenvalue weighted by Gasteiger charge is 2.16. The van der Waals surface area contributed by atoms with Crippen molar-refractivity contribution in [2.24, 2.45) is 0 Å². The van der Waals surface area contributed by atoms with E-state index in [2.05, 4.69) is 9.71 Å². The Hall–Kier alpha value is -1.86. The maximum Gasteiger partial charge on any atom is 0.235 e. The van der Waals surface area contributed by atoms with Gasteiger partial charge in [0, 0.05) is 29.0 Å². The van der Waals surface area contributed by atoms with Crippen LogP contribution in [0.3, 0.4) is 0 Å². The molecule has 110 valence electrons. The van der Waals surface area contributed by atoms with Crippen molar-refractivity contribution >= 4 is 32.0 Å². The molecule has 21 heavy (non-hydrogen) atoms. The molecule has 0 saturated heterocycles. The third-order valence-electron chi connectivity index (χ3n) is 3.13. The molecular weight excluding hydrogens is 306 g/mol. The lowest BCUT2D eigenvalue weighted by molar-refractivity contribution is 0.593. The number of imidazole rings is 1. The van der Waals surface area contributed by atoms with Gasteiger partial charge < -0.3 is 0 Å². The Kier molecular flexibility index (Phi) is 3.46. The summed E-state index contributed by atoms with van der Waals surface area (Å²) in [4.78, 5) is 5.43. The van der Waals surface area contributed by atoms with Crippen LogP contribution in [-0.2, 0) is 10.0 Å². The number of aromatic nitrogens is 2. The number of sulfonamides is 1. The standard InChI is InChI=1S/C14H15N3O2S2/c1-10(2)21(18,19)16-12-5-3-4-11(8-12)13-9-17-6-7-20-14(17)15-13/h3-10,16H,1-2H3. The van der Waals surface area contributed by atoms with Gasteiger partial charge in [0.2, 0.25) is 10.0 Å². The average Bonchev–Trinajstić information content (AvgIpc) is 2.98. The van der Waals surface area contributed by atoms with Gasteiger partial charge in [-0.1, -0.05) is 12.1 Å². The van der Waals surface area contributed by atoms with Crippen molar-refractivity contribution in [2.75, 3.05) is 4.72 Å². The molecule has 7 heteroatoms. The fourth-order valence-corrected chi connectivity index (χ4v) is 3.28. The molecule has 3 aromatic rings. The average molecular weight is 321 g/mol. The second-order valence-corrected chi connectivity index (χ2v) is 8.11. The van der Waals surface area contributed by atoms with Crippen molar-refractivity contribution in [1.29, 1.82) is 0 Å². The van der Waals surface area contributed by atoms with E-state index in [-0.39, 0.29) is 0 Å². The molecule has 0 aliphatic rings. The predicted molar refractivity (Wildman–Crippen MR) is 86.2 cm³/mol. The molecule has 1 aromatic carbocycles. The number of thiazole rings is 1. The number of rotatable bonds is 4. The summed E-state index contributed by atoms with van der Waals surface area (Å²) in [5.74, 6) is 0. The number of fused-ring (bicyclic) bond motifs is 1. The number of hydrogen-bond donors (Lipinski definition) is 1. The van der Waals surface area contributed by atoms with Gasteiger partial charge in [-0.05, 0) is 26.0 Å². The van der Waals surface area contributed by atoms with Crippen LogP contribution in [0.4, 0.5) is 5.69 Å². The predicted octanol–water partition coefficient (Wildman–Crippen LogP) is 3.21. The first-order chi connectivity index (χ1) is 9.95. The van der Waals surface area contributed by atoms with Crippen molar-refractivity contribution in [1.82, 2.24) is 9.38 Å². The molecular formula is C14H15N3O2S2. The van der Waals surface area contributed by atoms with Gasteiger partial charge >= 0.3 is 0 Å². The summed E-state index contributed by atoms with van der Waals surface area (Å²) < 4.78 is 28.4. The van der Waals surface area contributed by atoms with E-state index in [4.69, 9.17) is 0 Å². The SMILES string of the molecule is CC(C)S(=O)(=O)Nc1cccc(-c2cn3ccsc3n2)c1. The van der Waals surface area contributed by atoms with E-state index < -0.39 is 15.3 Å². The van der Waals surface area contributed by atoms with Crippen LogP contribution >= 0.6 is 11.3 Å². The van der Waals surface area contributed by atoms with Crippen molar-refractivity contribution < 1.29 is 8.42 Å². The second-order valence-electron chi connectivity index (χ2n) is 5.00. The molecule has 0 spiro atoms. The number of anilines is 1.